The molecule has 1 N–H and O–H groups in total. The van der Waals surface area contributed by atoms with E-state index in [-0.39, 0.29) is 0 Å². The minimum absolute atomic E-state index is 0.399. The van der Waals surface area contributed by atoms with Crippen molar-refractivity contribution in [3.8, 4) is 11.3 Å². The van der Waals surface area contributed by atoms with Crippen molar-refractivity contribution in [3.63, 3.8) is 0 Å². The zero-order valence-electron chi connectivity index (χ0n) is 9.37. The maximum Gasteiger partial charge on any atom is 0.111 e. The number of hydrogen-bond acceptors (Lipinski definition) is 2. The van der Waals surface area contributed by atoms with Gasteiger partial charge < -0.3 is 0 Å². The van der Waals surface area contributed by atoms with Crippen LogP contribution in [0.5, 0.6) is 0 Å². The molecule has 0 bridgehead atoms. The van der Waals surface area contributed by atoms with E-state index < -0.39 is 0 Å². The minimum atomic E-state index is 0.399. The number of aromatic amines is 1. The Morgan fingerprint density at radius 2 is 2.06 bits per heavy atom. The largest absolute Gasteiger partial charge is 0.280 e. The van der Waals surface area contributed by atoms with E-state index in [9.17, 15) is 0 Å². The molecule has 0 spiro atoms. The van der Waals surface area contributed by atoms with Gasteiger partial charge in [-0.3, -0.25) is 10.1 Å². The molecule has 0 aromatic carbocycles. The van der Waals surface area contributed by atoms with Crippen LogP contribution >= 0.6 is 11.6 Å². The Morgan fingerprint density at radius 3 is 2.69 bits per heavy atom. The van der Waals surface area contributed by atoms with E-state index >= 15 is 0 Å². The van der Waals surface area contributed by atoms with Crippen LogP contribution in [-0.2, 0) is 0 Å². The molecule has 84 valence electrons. The molecule has 0 saturated carbocycles. The van der Waals surface area contributed by atoms with Gasteiger partial charge in [-0.25, -0.2) is 0 Å². The molecule has 0 aliphatic heterocycles. The second-order valence-electron chi connectivity index (χ2n) is 3.85. The molecular weight excluding hydrogens is 222 g/mol. The van der Waals surface area contributed by atoms with Crippen molar-refractivity contribution in [2.45, 2.75) is 26.2 Å². The molecule has 4 heteroatoms. The summed E-state index contributed by atoms with van der Waals surface area (Å²) in [5.41, 5.74) is 2.81. The molecule has 0 radical (unpaired) electrons. The zero-order chi connectivity index (χ0) is 11.5. The summed E-state index contributed by atoms with van der Waals surface area (Å²) in [6, 6.07) is 3.81. The van der Waals surface area contributed by atoms with E-state index in [1.807, 2.05) is 12.1 Å². The smallest absolute Gasteiger partial charge is 0.111 e. The number of aromatic nitrogens is 3. The number of halogens is 1. The summed E-state index contributed by atoms with van der Waals surface area (Å²) in [4.78, 5) is 3.98. The van der Waals surface area contributed by atoms with Crippen molar-refractivity contribution in [2.75, 3.05) is 0 Å². The van der Waals surface area contributed by atoms with Gasteiger partial charge in [-0.2, -0.15) is 5.10 Å². The Hall–Kier alpha value is -1.35. The maximum atomic E-state index is 6.32. The summed E-state index contributed by atoms with van der Waals surface area (Å²) >= 11 is 6.32. The monoisotopic (exact) mass is 235 g/mol. The molecule has 0 aliphatic carbocycles. The molecule has 2 rings (SSSR count). The fraction of sp³-hybridized carbons (Fsp3) is 0.333. The van der Waals surface area contributed by atoms with Gasteiger partial charge in [0, 0.05) is 18.0 Å². The number of hydrogen-bond donors (Lipinski definition) is 1. The average molecular weight is 236 g/mol. The van der Waals surface area contributed by atoms with Gasteiger partial charge in [0.15, 0.2) is 0 Å². The van der Waals surface area contributed by atoms with Crippen molar-refractivity contribution >= 4 is 11.6 Å². The van der Waals surface area contributed by atoms with Gasteiger partial charge in [0.25, 0.3) is 0 Å². The minimum Gasteiger partial charge on any atom is -0.280 e. The number of nitrogens with one attached hydrogen (secondary N) is 1. The molecule has 3 nitrogen and oxygen atoms in total. The van der Waals surface area contributed by atoms with Crippen LogP contribution in [0.25, 0.3) is 11.3 Å². The van der Waals surface area contributed by atoms with Crippen LogP contribution in [0.1, 0.15) is 31.9 Å². The lowest BCUT2D eigenvalue weighted by Gasteiger charge is -2.05. The molecule has 2 aromatic rings. The Balaban J connectivity index is 2.41. The molecule has 0 aliphatic rings. The van der Waals surface area contributed by atoms with Gasteiger partial charge in [-0.1, -0.05) is 25.4 Å². The third-order valence-corrected chi connectivity index (χ3v) is 3.17. The molecule has 0 amide bonds. The van der Waals surface area contributed by atoms with Crippen LogP contribution < -0.4 is 0 Å². The Kier molecular flexibility index (Phi) is 3.25. The van der Waals surface area contributed by atoms with Crippen LogP contribution in [-0.4, -0.2) is 15.2 Å². The molecule has 0 saturated heterocycles. The van der Waals surface area contributed by atoms with E-state index in [1.54, 1.807) is 12.4 Å². The Labute approximate surface area is 99.9 Å². The Bertz CT molecular complexity index is 464. The summed E-state index contributed by atoms with van der Waals surface area (Å²) in [5, 5.41) is 8.01. The van der Waals surface area contributed by atoms with E-state index in [2.05, 4.69) is 29.0 Å². The number of rotatable bonds is 3. The number of nitrogens with zero attached hydrogens (tertiary/aromatic N) is 2. The van der Waals surface area contributed by atoms with E-state index in [0.29, 0.717) is 5.92 Å². The van der Waals surface area contributed by atoms with Crippen molar-refractivity contribution in [1.82, 2.24) is 15.2 Å². The number of H-pyrrole nitrogens is 1. The lowest BCUT2D eigenvalue weighted by Crippen LogP contribution is -1.91. The molecule has 0 fully saturated rings. The van der Waals surface area contributed by atoms with Crippen molar-refractivity contribution in [1.29, 1.82) is 0 Å². The van der Waals surface area contributed by atoms with Crippen LogP contribution in [0.15, 0.2) is 24.5 Å². The van der Waals surface area contributed by atoms with Gasteiger partial charge in [-0.05, 0) is 24.5 Å². The first-order valence-electron chi connectivity index (χ1n) is 5.38. The van der Waals surface area contributed by atoms with Gasteiger partial charge >= 0.3 is 0 Å². The first-order valence-corrected chi connectivity index (χ1v) is 5.76. The van der Waals surface area contributed by atoms with Crippen LogP contribution in [0.3, 0.4) is 0 Å². The molecule has 1 unspecified atom stereocenters. The van der Waals surface area contributed by atoms with Crippen molar-refractivity contribution in [2.24, 2.45) is 0 Å². The average Bonchev–Trinajstić information content (AvgIpc) is 2.71. The quantitative estimate of drug-likeness (QED) is 0.883. The normalized spacial score (nSPS) is 12.7. The first kappa shape index (κ1) is 11.1. The Morgan fingerprint density at radius 1 is 1.38 bits per heavy atom. The molecule has 2 aromatic heterocycles. The van der Waals surface area contributed by atoms with Gasteiger partial charge in [0.2, 0.25) is 0 Å². The third kappa shape index (κ3) is 1.95. The first-order chi connectivity index (χ1) is 7.74. The fourth-order valence-corrected chi connectivity index (χ4v) is 1.95. The predicted octanol–water partition coefficient (Wildman–Crippen LogP) is 3.64. The van der Waals surface area contributed by atoms with Gasteiger partial charge in [-0.15, -0.1) is 0 Å². The summed E-state index contributed by atoms with van der Waals surface area (Å²) in [7, 11) is 0. The highest BCUT2D eigenvalue weighted by molar-refractivity contribution is 6.33. The van der Waals surface area contributed by atoms with Gasteiger partial charge in [0.05, 0.1) is 10.7 Å². The summed E-state index contributed by atoms with van der Waals surface area (Å²) in [6.07, 6.45) is 4.52. The maximum absolute atomic E-state index is 6.32. The third-order valence-electron chi connectivity index (χ3n) is 2.79. The SMILES string of the molecule is CCC(C)c1[nH]nc(-c2ccncc2)c1Cl. The topological polar surface area (TPSA) is 41.6 Å². The fourth-order valence-electron chi connectivity index (χ4n) is 1.57. The second kappa shape index (κ2) is 4.66. The molecule has 2 heterocycles. The van der Waals surface area contributed by atoms with Crippen LogP contribution in [0.4, 0.5) is 0 Å². The van der Waals surface area contributed by atoms with Crippen LogP contribution in [0.2, 0.25) is 5.02 Å². The second-order valence-corrected chi connectivity index (χ2v) is 4.22. The highest BCUT2D eigenvalue weighted by Crippen LogP contribution is 2.32. The molecule has 1 atom stereocenters. The zero-order valence-corrected chi connectivity index (χ0v) is 10.1. The predicted molar refractivity (Wildman–Crippen MR) is 65.5 cm³/mol. The lowest BCUT2D eigenvalue weighted by molar-refractivity contribution is 0.704. The van der Waals surface area contributed by atoms with E-state index in [1.165, 1.54) is 0 Å². The summed E-state index contributed by atoms with van der Waals surface area (Å²) in [5.74, 6) is 0.399. The standard InChI is InChI=1S/C12H14ClN3/c1-3-8(2)11-10(13)12(16-15-11)9-4-6-14-7-5-9/h4-8H,3H2,1-2H3,(H,15,16). The van der Waals surface area contributed by atoms with E-state index in [4.69, 9.17) is 11.6 Å². The van der Waals surface area contributed by atoms with Crippen molar-refractivity contribution in [3.05, 3.63) is 35.2 Å². The van der Waals surface area contributed by atoms with Crippen LogP contribution in [0, 0.1) is 0 Å². The van der Waals surface area contributed by atoms with Gasteiger partial charge in [0.1, 0.15) is 5.69 Å². The molecular formula is C12H14ClN3. The highest BCUT2D eigenvalue weighted by Gasteiger charge is 2.16. The summed E-state index contributed by atoms with van der Waals surface area (Å²) < 4.78 is 0. The number of pyridine rings is 1. The van der Waals surface area contributed by atoms with Crippen molar-refractivity contribution < 1.29 is 0 Å². The van der Waals surface area contributed by atoms with E-state index in [0.717, 1.165) is 28.4 Å². The molecule has 16 heavy (non-hydrogen) atoms. The lowest BCUT2D eigenvalue weighted by atomic mass is 10.0. The summed E-state index contributed by atoms with van der Waals surface area (Å²) in [6.45, 7) is 4.27. The highest BCUT2D eigenvalue weighted by atomic mass is 35.5.